The number of aliphatic imine (C=N–C) groups is 1. The maximum atomic E-state index is 13.6. The number of hydrogen-bond acceptors (Lipinski definition) is 6. The summed E-state index contributed by atoms with van der Waals surface area (Å²) in [4.78, 5) is 18.4. The molecule has 2 unspecified atom stereocenters. The van der Waals surface area contributed by atoms with Crippen LogP contribution < -0.4 is 11.1 Å². The van der Waals surface area contributed by atoms with Crippen molar-refractivity contribution in [2.45, 2.75) is 38.1 Å². The zero-order valence-corrected chi connectivity index (χ0v) is 15.9. The van der Waals surface area contributed by atoms with Gasteiger partial charge in [-0.3, -0.25) is 4.79 Å². The molecule has 1 aromatic carbocycles. The highest BCUT2D eigenvalue weighted by atomic mass is 16.5. The van der Waals surface area contributed by atoms with Crippen LogP contribution in [0, 0.1) is 5.92 Å². The topological polar surface area (TPSA) is 93.5 Å². The average Bonchev–Trinajstić information content (AvgIpc) is 3.31. The second kappa shape index (κ2) is 7.46. The minimum Gasteiger partial charge on any atom is -0.387 e. The Hall–Kier alpha value is -3.15. The lowest BCUT2D eigenvalue weighted by atomic mass is 9.75. The van der Waals surface area contributed by atoms with E-state index in [9.17, 15) is 4.79 Å². The fourth-order valence-electron chi connectivity index (χ4n) is 4.03. The van der Waals surface area contributed by atoms with Crippen LogP contribution in [0.1, 0.15) is 38.2 Å². The molecule has 0 fully saturated rings. The Labute approximate surface area is 164 Å². The van der Waals surface area contributed by atoms with Crippen LogP contribution >= 0.6 is 0 Å². The molecule has 3 N–H and O–H groups in total. The number of carbonyl (C=O) groups excluding carboxylic acids is 1. The molecule has 0 bridgehead atoms. The standard InChI is InChI=1S/C22H24N4O2/c1-2-7-18-20(27)22(25-21(18)23,15-8-4-3-5-9-15)16-10-6-11-17(14-16)24-19-12-13-28-26-19/h3-5,8-10,12-14,18H,2,6-7,11H2,1H3,(H2,23,25)(H,24,26). The Morgan fingerprint density at radius 2 is 2.11 bits per heavy atom. The third-order valence-electron chi connectivity index (χ3n) is 5.35. The number of ketones is 1. The van der Waals surface area contributed by atoms with E-state index in [0.717, 1.165) is 36.1 Å². The summed E-state index contributed by atoms with van der Waals surface area (Å²) in [7, 11) is 0. The van der Waals surface area contributed by atoms with Gasteiger partial charge >= 0.3 is 0 Å². The summed E-state index contributed by atoms with van der Waals surface area (Å²) in [5, 5.41) is 7.18. The number of rotatable bonds is 6. The van der Waals surface area contributed by atoms with Crippen molar-refractivity contribution in [1.82, 2.24) is 5.16 Å². The molecule has 0 spiro atoms. The highest BCUT2D eigenvalue weighted by Crippen LogP contribution is 2.44. The third kappa shape index (κ3) is 3.05. The van der Waals surface area contributed by atoms with Gasteiger partial charge < -0.3 is 15.6 Å². The lowest BCUT2D eigenvalue weighted by Crippen LogP contribution is -2.37. The number of nitrogens with zero attached hydrogens (tertiary/aromatic N) is 2. The number of allylic oxidation sites excluding steroid dienone is 2. The van der Waals surface area contributed by atoms with Crippen LogP contribution in [0.2, 0.25) is 0 Å². The van der Waals surface area contributed by atoms with Crippen LogP contribution in [0.15, 0.2) is 75.6 Å². The zero-order chi connectivity index (χ0) is 19.6. The number of carbonyl (C=O) groups is 1. The Balaban J connectivity index is 1.78. The van der Waals surface area contributed by atoms with Crippen LogP contribution in [0.4, 0.5) is 5.82 Å². The van der Waals surface area contributed by atoms with E-state index in [2.05, 4.69) is 23.5 Å². The van der Waals surface area contributed by atoms with Crippen molar-refractivity contribution < 1.29 is 9.32 Å². The normalized spacial score (nSPS) is 24.5. The van der Waals surface area contributed by atoms with E-state index in [-0.39, 0.29) is 11.7 Å². The summed E-state index contributed by atoms with van der Waals surface area (Å²) >= 11 is 0. The van der Waals surface area contributed by atoms with Crippen molar-refractivity contribution in [3.63, 3.8) is 0 Å². The fraction of sp³-hybridized carbons (Fsp3) is 0.318. The number of nitrogens with two attached hydrogens (primary N) is 1. The molecule has 144 valence electrons. The van der Waals surface area contributed by atoms with Crippen LogP contribution in [0.5, 0.6) is 0 Å². The van der Waals surface area contributed by atoms with E-state index in [1.807, 2.05) is 36.4 Å². The molecule has 2 aliphatic rings. The smallest absolute Gasteiger partial charge is 0.180 e. The summed E-state index contributed by atoms with van der Waals surface area (Å²) in [5.74, 6) is 0.795. The molecule has 0 radical (unpaired) electrons. The molecule has 6 nitrogen and oxygen atoms in total. The maximum Gasteiger partial charge on any atom is 0.180 e. The van der Waals surface area contributed by atoms with Gasteiger partial charge in [-0.15, -0.1) is 0 Å². The summed E-state index contributed by atoms with van der Waals surface area (Å²) in [5.41, 5.74) is 7.87. The molecule has 1 aromatic heterocycles. The number of hydrogen-bond donors (Lipinski definition) is 2. The van der Waals surface area contributed by atoms with Gasteiger partial charge in [0.15, 0.2) is 17.1 Å². The van der Waals surface area contributed by atoms with E-state index in [1.54, 1.807) is 6.07 Å². The molecular formula is C22H24N4O2. The van der Waals surface area contributed by atoms with Crippen molar-refractivity contribution in [2.24, 2.45) is 16.6 Å². The molecule has 6 heteroatoms. The summed E-state index contributed by atoms with van der Waals surface area (Å²) in [6.45, 7) is 2.06. The molecule has 28 heavy (non-hydrogen) atoms. The van der Waals surface area contributed by atoms with Crippen molar-refractivity contribution in [1.29, 1.82) is 0 Å². The molecule has 0 saturated heterocycles. The summed E-state index contributed by atoms with van der Waals surface area (Å²) in [6.07, 6.45) is 8.86. The lowest BCUT2D eigenvalue weighted by molar-refractivity contribution is -0.124. The Morgan fingerprint density at radius 1 is 1.29 bits per heavy atom. The SMILES string of the molecule is CCCC1C(=O)C(C2=CCCC(Nc3ccon3)=C2)(c2ccccc2)N=C1N. The van der Waals surface area contributed by atoms with Crippen LogP contribution in [-0.4, -0.2) is 16.8 Å². The van der Waals surface area contributed by atoms with Gasteiger partial charge in [-0.05, 0) is 36.5 Å². The van der Waals surface area contributed by atoms with Gasteiger partial charge in [-0.2, -0.15) is 0 Å². The highest BCUT2D eigenvalue weighted by Gasteiger charge is 2.51. The lowest BCUT2D eigenvalue weighted by Gasteiger charge is -2.30. The van der Waals surface area contributed by atoms with Crippen molar-refractivity contribution >= 4 is 17.4 Å². The third-order valence-corrected chi connectivity index (χ3v) is 5.35. The molecule has 2 atom stereocenters. The number of nitrogens with one attached hydrogen (secondary N) is 1. The van der Waals surface area contributed by atoms with Gasteiger partial charge in [0, 0.05) is 11.8 Å². The molecular weight excluding hydrogens is 352 g/mol. The predicted molar refractivity (Wildman–Crippen MR) is 109 cm³/mol. The zero-order valence-electron chi connectivity index (χ0n) is 15.9. The number of amidine groups is 1. The second-order valence-electron chi connectivity index (χ2n) is 7.20. The van der Waals surface area contributed by atoms with Gasteiger partial charge in [-0.1, -0.05) is 54.9 Å². The van der Waals surface area contributed by atoms with Crippen LogP contribution in [0.25, 0.3) is 0 Å². The minimum atomic E-state index is -1.08. The van der Waals surface area contributed by atoms with Gasteiger partial charge in [0.25, 0.3) is 0 Å². The van der Waals surface area contributed by atoms with Crippen molar-refractivity contribution in [2.75, 3.05) is 5.32 Å². The Bertz CT molecular complexity index is 944. The first kappa shape index (κ1) is 18.2. The van der Waals surface area contributed by atoms with E-state index >= 15 is 0 Å². The number of anilines is 1. The van der Waals surface area contributed by atoms with E-state index < -0.39 is 5.54 Å². The van der Waals surface area contributed by atoms with E-state index in [1.165, 1.54) is 6.26 Å². The first-order valence-corrected chi connectivity index (χ1v) is 9.69. The van der Waals surface area contributed by atoms with Crippen LogP contribution in [-0.2, 0) is 10.3 Å². The summed E-state index contributed by atoms with van der Waals surface area (Å²) in [6, 6.07) is 11.5. The first-order chi connectivity index (χ1) is 13.6. The van der Waals surface area contributed by atoms with Gasteiger partial charge in [0.2, 0.25) is 0 Å². The molecule has 2 heterocycles. The average molecular weight is 376 g/mol. The number of aromatic nitrogens is 1. The fourth-order valence-corrected chi connectivity index (χ4v) is 4.03. The van der Waals surface area contributed by atoms with E-state index in [0.29, 0.717) is 18.1 Å². The first-order valence-electron chi connectivity index (χ1n) is 9.69. The number of Topliss-reactive ketones (excluding diaryl/α,β-unsaturated/α-hetero) is 1. The van der Waals surface area contributed by atoms with E-state index in [4.69, 9.17) is 15.2 Å². The van der Waals surface area contributed by atoms with Gasteiger partial charge in [0.05, 0.1) is 5.92 Å². The maximum absolute atomic E-state index is 13.6. The monoisotopic (exact) mass is 376 g/mol. The molecule has 1 aliphatic heterocycles. The predicted octanol–water partition coefficient (Wildman–Crippen LogP) is 3.94. The highest BCUT2D eigenvalue weighted by molar-refractivity contribution is 6.15. The molecule has 0 amide bonds. The minimum absolute atomic E-state index is 0.0586. The molecule has 1 aliphatic carbocycles. The van der Waals surface area contributed by atoms with Crippen molar-refractivity contribution in [3.8, 4) is 0 Å². The van der Waals surface area contributed by atoms with Crippen molar-refractivity contribution in [3.05, 3.63) is 71.6 Å². The summed E-state index contributed by atoms with van der Waals surface area (Å²) < 4.78 is 4.90. The molecule has 2 aromatic rings. The van der Waals surface area contributed by atoms with Crippen LogP contribution in [0.3, 0.4) is 0 Å². The molecule has 4 rings (SSSR count). The largest absolute Gasteiger partial charge is 0.387 e. The van der Waals surface area contributed by atoms with Gasteiger partial charge in [0.1, 0.15) is 12.1 Å². The second-order valence-corrected chi connectivity index (χ2v) is 7.20. The quantitative estimate of drug-likeness (QED) is 0.796. The van der Waals surface area contributed by atoms with Gasteiger partial charge in [-0.25, -0.2) is 4.99 Å². The Morgan fingerprint density at radius 3 is 2.82 bits per heavy atom. The molecule has 0 saturated carbocycles. The Kier molecular flexibility index (Phi) is 4.86. The number of benzene rings is 1.